The Kier molecular flexibility index (Phi) is 4.89. The summed E-state index contributed by atoms with van der Waals surface area (Å²) in [5.74, 6) is 0.122. The molecule has 1 aliphatic heterocycles. The number of nitrogens with one attached hydrogen (secondary N) is 1. The fourth-order valence-corrected chi connectivity index (χ4v) is 2.88. The van der Waals surface area contributed by atoms with Gasteiger partial charge in [0.2, 0.25) is 11.9 Å². The SMILES string of the molecule is CC(C)n1nc2c(cc1=O)CN([C@H](C)C(=O)Nc1ncccn1)CC2. The van der Waals surface area contributed by atoms with Crippen LogP contribution in [0, 0.1) is 0 Å². The van der Waals surface area contributed by atoms with E-state index in [0.717, 1.165) is 11.3 Å². The van der Waals surface area contributed by atoms with Crippen molar-refractivity contribution in [2.45, 2.75) is 45.8 Å². The first-order chi connectivity index (χ1) is 12.0. The fourth-order valence-electron chi connectivity index (χ4n) is 2.88. The molecule has 1 amide bonds. The van der Waals surface area contributed by atoms with Crippen LogP contribution in [0.15, 0.2) is 29.3 Å². The summed E-state index contributed by atoms with van der Waals surface area (Å²) in [6, 6.07) is 3.01. The summed E-state index contributed by atoms with van der Waals surface area (Å²) in [7, 11) is 0. The zero-order chi connectivity index (χ0) is 18.0. The summed E-state index contributed by atoms with van der Waals surface area (Å²) in [5, 5.41) is 7.19. The second-order valence-electron chi connectivity index (χ2n) is 6.45. The van der Waals surface area contributed by atoms with Crippen molar-refractivity contribution in [2.24, 2.45) is 0 Å². The van der Waals surface area contributed by atoms with E-state index in [0.29, 0.717) is 25.5 Å². The van der Waals surface area contributed by atoms with Gasteiger partial charge in [0.25, 0.3) is 5.56 Å². The minimum Gasteiger partial charge on any atom is -0.293 e. The molecular formula is C17H22N6O2. The van der Waals surface area contributed by atoms with E-state index in [4.69, 9.17) is 0 Å². The van der Waals surface area contributed by atoms with Crippen molar-refractivity contribution >= 4 is 11.9 Å². The summed E-state index contributed by atoms with van der Waals surface area (Å²) < 4.78 is 1.51. The molecule has 1 atom stereocenters. The highest BCUT2D eigenvalue weighted by Gasteiger charge is 2.27. The van der Waals surface area contributed by atoms with Crippen LogP contribution < -0.4 is 10.9 Å². The normalized spacial score (nSPS) is 15.7. The van der Waals surface area contributed by atoms with Gasteiger partial charge in [-0.1, -0.05) is 0 Å². The lowest BCUT2D eigenvalue weighted by atomic mass is 10.0. The Balaban J connectivity index is 1.72. The highest BCUT2D eigenvalue weighted by atomic mass is 16.2. The van der Waals surface area contributed by atoms with Crippen LogP contribution in [0.1, 0.15) is 38.1 Å². The summed E-state index contributed by atoms with van der Waals surface area (Å²) >= 11 is 0. The Bertz CT molecular complexity index is 818. The van der Waals surface area contributed by atoms with Crippen LogP contribution in [0.4, 0.5) is 5.95 Å². The third-order valence-corrected chi connectivity index (χ3v) is 4.35. The molecule has 0 aromatic carbocycles. The van der Waals surface area contributed by atoms with Gasteiger partial charge in [0, 0.05) is 38.0 Å². The topological polar surface area (TPSA) is 93.0 Å². The molecule has 2 aromatic heterocycles. The molecule has 1 aliphatic rings. The van der Waals surface area contributed by atoms with E-state index in [2.05, 4.69) is 20.4 Å². The third-order valence-electron chi connectivity index (χ3n) is 4.35. The average Bonchev–Trinajstić information content (AvgIpc) is 2.60. The van der Waals surface area contributed by atoms with E-state index in [1.54, 1.807) is 24.5 Å². The monoisotopic (exact) mass is 342 g/mol. The fraction of sp³-hybridized carbons (Fsp3) is 0.471. The van der Waals surface area contributed by atoms with Gasteiger partial charge in [0.15, 0.2) is 0 Å². The Hall–Kier alpha value is -2.61. The van der Waals surface area contributed by atoms with Crippen molar-refractivity contribution in [3.05, 3.63) is 46.1 Å². The van der Waals surface area contributed by atoms with Crippen molar-refractivity contribution in [3.63, 3.8) is 0 Å². The summed E-state index contributed by atoms with van der Waals surface area (Å²) in [4.78, 5) is 34.6. The van der Waals surface area contributed by atoms with E-state index in [9.17, 15) is 9.59 Å². The molecule has 8 heteroatoms. The van der Waals surface area contributed by atoms with Gasteiger partial charge in [-0.2, -0.15) is 5.10 Å². The predicted molar refractivity (Wildman–Crippen MR) is 93.1 cm³/mol. The summed E-state index contributed by atoms with van der Waals surface area (Å²) in [6.07, 6.45) is 3.87. The van der Waals surface area contributed by atoms with Crippen LogP contribution in [0.2, 0.25) is 0 Å². The number of carbonyl (C=O) groups excluding carboxylic acids is 1. The number of carbonyl (C=O) groups is 1. The second kappa shape index (κ2) is 7.10. The molecule has 0 aliphatic carbocycles. The largest absolute Gasteiger partial charge is 0.293 e. The highest BCUT2D eigenvalue weighted by molar-refractivity contribution is 5.93. The Morgan fingerprint density at radius 3 is 2.64 bits per heavy atom. The Morgan fingerprint density at radius 1 is 1.24 bits per heavy atom. The van der Waals surface area contributed by atoms with Crippen molar-refractivity contribution in [1.82, 2.24) is 24.6 Å². The first kappa shape index (κ1) is 17.2. The lowest BCUT2D eigenvalue weighted by Crippen LogP contribution is -2.45. The molecule has 0 saturated heterocycles. The molecule has 132 valence electrons. The van der Waals surface area contributed by atoms with Gasteiger partial charge in [-0.15, -0.1) is 0 Å². The molecule has 25 heavy (non-hydrogen) atoms. The number of rotatable bonds is 4. The Labute approximate surface area is 145 Å². The molecule has 0 bridgehead atoms. The highest BCUT2D eigenvalue weighted by Crippen LogP contribution is 2.18. The van der Waals surface area contributed by atoms with E-state index in [1.165, 1.54) is 4.68 Å². The zero-order valence-corrected chi connectivity index (χ0v) is 14.6. The number of nitrogens with zero attached hydrogens (tertiary/aromatic N) is 5. The van der Waals surface area contributed by atoms with Crippen LogP contribution in [-0.2, 0) is 17.8 Å². The number of amides is 1. The average molecular weight is 342 g/mol. The molecular weight excluding hydrogens is 320 g/mol. The van der Waals surface area contributed by atoms with Gasteiger partial charge in [-0.05, 0) is 32.4 Å². The number of aromatic nitrogens is 4. The molecule has 0 saturated carbocycles. The van der Waals surface area contributed by atoms with Crippen molar-refractivity contribution in [1.29, 1.82) is 0 Å². The minimum absolute atomic E-state index is 0.0337. The quantitative estimate of drug-likeness (QED) is 0.891. The molecule has 0 spiro atoms. The van der Waals surface area contributed by atoms with Crippen LogP contribution in [0.25, 0.3) is 0 Å². The van der Waals surface area contributed by atoms with Crippen LogP contribution in [0.5, 0.6) is 0 Å². The minimum atomic E-state index is -0.357. The molecule has 8 nitrogen and oxygen atoms in total. The molecule has 3 rings (SSSR count). The molecule has 1 N–H and O–H groups in total. The maximum absolute atomic E-state index is 12.4. The predicted octanol–water partition coefficient (Wildman–Crippen LogP) is 0.999. The molecule has 0 fully saturated rings. The second-order valence-corrected chi connectivity index (χ2v) is 6.45. The van der Waals surface area contributed by atoms with Crippen LogP contribution in [-0.4, -0.2) is 43.1 Å². The summed E-state index contributed by atoms with van der Waals surface area (Å²) in [6.45, 7) is 6.95. The third kappa shape index (κ3) is 3.74. The van der Waals surface area contributed by atoms with Crippen LogP contribution >= 0.6 is 0 Å². The maximum atomic E-state index is 12.4. The number of hydrogen-bond donors (Lipinski definition) is 1. The maximum Gasteiger partial charge on any atom is 0.267 e. The molecule has 2 aromatic rings. The Morgan fingerprint density at radius 2 is 1.96 bits per heavy atom. The zero-order valence-electron chi connectivity index (χ0n) is 14.6. The number of fused-ring (bicyclic) bond motifs is 1. The molecule has 0 unspecified atom stereocenters. The first-order valence-corrected chi connectivity index (χ1v) is 8.39. The van der Waals surface area contributed by atoms with Crippen molar-refractivity contribution in [3.8, 4) is 0 Å². The lowest BCUT2D eigenvalue weighted by molar-refractivity contribution is -0.121. The smallest absolute Gasteiger partial charge is 0.267 e. The lowest BCUT2D eigenvalue weighted by Gasteiger charge is -2.32. The van der Waals surface area contributed by atoms with E-state index >= 15 is 0 Å². The number of anilines is 1. The van der Waals surface area contributed by atoms with Crippen LogP contribution in [0.3, 0.4) is 0 Å². The van der Waals surface area contributed by atoms with Gasteiger partial charge in [0.1, 0.15) is 0 Å². The van der Waals surface area contributed by atoms with Crippen molar-refractivity contribution in [2.75, 3.05) is 11.9 Å². The van der Waals surface area contributed by atoms with E-state index < -0.39 is 0 Å². The van der Waals surface area contributed by atoms with Gasteiger partial charge in [0.05, 0.1) is 17.8 Å². The molecule has 0 radical (unpaired) electrons. The number of hydrogen-bond acceptors (Lipinski definition) is 6. The van der Waals surface area contributed by atoms with E-state index in [-0.39, 0.29) is 23.6 Å². The van der Waals surface area contributed by atoms with Crippen molar-refractivity contribution < 1.29 is 4.79 Å². The van der Waals surface area contributed by atoms with Gasteiger partial charge in [-0.25, -0.2) is 14.6 Å². The molecule has 3 heterocycles. The standard InChI is InChI=1S/C17H22N6O2/c1-11(2)23-15(24)9-13-10-22(8-5-14(13)21-23)12(3)16(25)20-17-18-6-4-7-19-17/h4,6-7,9,11-12H,5,8,10H2,1-3H3,(H,18,19,20,25)/t12-/m1/s1. The van der Waals surface area contributed by atoms with Gasteiger partial charge >= 0.3 is 0 Å². The van der Waals surface area contributed by atoms with Gasteiger partial charge in [-0.3, -0.25) is 19.8 Å². The van der Waals surface area contributed by atoms with Gasteiger partial charge < -0.3 is 0 Å². The first-order valence-electron chi connectivity index (χ1n) is 8.39. The van der Waals surface area contributed by atoms with E-state index in [1.807, 2.05) is 25.7 Å². The summed E-state index contributed by atoms with van der Waals surface area (Å²) in [5.41, 5.74) is 1.72.